The minimum absolute atomic E-state index is 0.517. The molecule has 1 heterocycles. The van der Waals surface area contributed by atoms with Gasteiger partial charge in [-0.1, -0.05) is 45.9 Å². The zero-order valence-corrected chi connectivity index (χ0v) is 12.1. The predicted molar refractivity (Wildman–Crippen MR) is 75.2 cm³/mol. The van der Waals surface area contributed by atoms with Crippen LogP contribution in [0.25, 0.3) is 0 Å². The van der Waals surface area contributed by atoms with Crippen molar-refractivity contribution in [3.63, 3.8) is 0 Å². The van der Waals surface area contributed by atoms with Crippen LogP contribution in [0.1, 0.15) is 47.5 Å². The molecule has 0 aromatic heterocycles. The van der Waals surface area contributed by atoms with E-state index in [0.717, 1.165) is 16.8 Å². The van der Waals surface area contributed by atoms with Crippen molar-refractivity contribution >= 4 is 16.9 Å². The zero-order chi connectivity index (χ0) is 12.1. The lowest BCUT2D eigenvalue weighted by molar-refractivity contribution is 0.449. The van der Waals surface area contributed by atoms with Gasteiger partial charge in [-0.3, -0.25) is 4.99 Å². The lowest BCUT2D eigenvalue weighted by Crippen LogP contribution is -2.31. The van der Waals surface area contributed by atoms with Crippen LogP contribution in [0, 0.1) is 11.8 Å². The van der Waals surface area contributed by atoms with Gasteiger partial charge >= 0.3 is 0 Å². The molecular weight excluding hydrogens is 216 g/mol. The van der Waals surface area contributed by atoms with Crippen LogP contribution in [0.2, 0.25) is 0 Å². The second-order valence-corrected chi connectivity index (χ2v) is 6.36. The van der Waals surface area contributed by atoms with Gasteiger partial charge in [0.15, 0.2) is 5.17 Å². The van der Waals surface area contributed by atoms with Crippen molar-refractivity contribution in [3.8, 4) is 0 Å². The highest BCUT2D eigenvalue weighted by Crippen LogP contribution is 2.22. The molecule has 0 bridgehead atoms. The van der Waals surface area contributed by atoms with E-state index in [1.54, 1.807) is 0 Å². The van der Waals surface area contributed by atoms with Gasteiger partial charge in [0, 0.05) is 11.8 Å². The first-order valence-electron chi connectivity index (χ1n) is 6.50. The molecule has 0 aromatic rings. The normalized spacial score (nSPS) is 24.4. The van der Waals surface area contributed by atoms with Crippen molar-refractivity contribution in [2.75, 3.05) is 5.75 Å². The van der Waals surface area contributed by atoms with Gasteiger partial charge in [-0.05, 0) is 25.2 Å². The number of rotatable bonds is 5. The van der Waals surface area contributed by atoms with Crippen LogP contribution >= 0.6 is 11.8 Å². The maximum absolute atomic E-state index is 4.73. The van der Waals surface area contributed by atoms with Crippen molar-refractivity contribution in [2.45, 2.75) is 59.5 Å². The highest BCUT2D eigenvalue weighted by molar-refractivity contribution is 8.14. The Morgan fingerprint density at radius 3 is 2.56 bits per heavy atom. The maximum Gasteiger partial charge on any atom is 0.157 e. The Labute approximate surface area is 105 Å². The second kappa shape index (κ2) is 6.53. The fraction of sp³-hybridized carbons (Fsp3) is 0.923. The molecule has 0 aliphatic carbocycles. The van der Waals surface area contributed by atoms with E-state index in [1.165, 1.54) is 12.8 Å². The molecule has 1 rings (SSSR count). The lowest BCUT2D eigenvalue weighted by Gasteiger charge is -2.17. The van der Waals surface area contributed by atoms with Crippen molar-refractivity contribution in [1.29, 1.82) is 0 Å². The van der Waals surface area contributed by atoms with E-state index in [-0.39, 0.29) is 0 Å². The largest absolute Gasteiger partial charge is 0.362 e. The summed E-state index contributed by atoms with van der Waals surface area (Å²) >= 11 is 1.88. The van der Waals surface area contributed by atoms with Gasteiger partial charge in [-0.15, -0.1) is 0 Å². The Morgan fingerprint density at radius 1 is 1.38 bits per heavy atom. The third-order valence-corrected chi connectivity index (χ3v) is 4.27. The first-order valence-corrected chi connectivity index (χ1v) is 7.48. The van der Waals surface area contributed by atoms with Gasteiger partial charge in [0.1, 0.15) is 0 Å². The molecule has 3 unspecified atom stereocenters. The van der Waals surface area contributed by atoms with Gasteiger partial charge in [0.25, 0.3) is 0 Å². The van der Waals surface area contributed by atoms with Gasteiger partial charge in [0.05, 0.1) is 6.04 Å². The molecule has 0 spiro atoms. The number of amidine groups is 1. The molecule has 1 N–H and O–H groups in total. The predicted octanol–water partition coefficient (Wildman–Crippen LogP) is 3.53. The quantitative estimate of drug-likeness (QED) is 0.797. The Bertz CT molecular complexity index is 238. The van der Waals surface area contributed by atoms with Crippen LogP contribution in [0.4, 0.5) is 0 Å². The Balaban J connectivity index is 2.35. The molecule has 3 atom stereocenters. The first-order chi connectivity index (χ1) is 7.52. The summed E-state index contributed by atoms with van der Waals surface area (Å²) in [5.41, 5.74) is 0. The van der Waals surface area contributed by atoms with E-state index in [1.807, 2.05) is 11.8 Å². The molecule has 0 fully saturated rings. The summed E-state index contributed by atoms with van der Waals surface area (Å²) in [7, 11) is 0. The topological polar surface area (TPSA) is 24.4 Å². The number of thioether (sulfide) groups is 1. The summed E-state index contributed by atoms with van der Waals surface area (Å²) in [4.78, 5) is 4.73. The van der Waals surface area contributed by atoms with E-state index >= 15 is 0 Å². The number of nitrogens with one attached hydrogen (secondary N) is 1. The lowest BCUT2D eigenvalue weighted by atomic mass is 10.0. The van der Waals surface area contributed by atoms with Crippen LogP contribution < -0.4 is 5.32 Å². The van der Waals surface area contributed by atoms with Crippen molar-refractivity contribution < 1.29 is 0 Å². The van der Waals surface area contributed by atoms with E-state index < -0.39 is 0 Å². The number of hydrogen-bond donors (Lipinski definition) is 1. The van der Waals surface area contributed by atoms with E-state index in [9.17, 15) is 0 Å². The van der Waals surface area contributed by atoms with Crippen molar-refractivity contribution in [2.24, 2.45) is 16.8 Å². The van der Waals surface area contributed by atoms with Crippen LogP contribution in [0.3, 0.4) is 0 Å². The molecule has 0 amide bonds. The monoisotopic (exact) mass is 242 g/mol. The molecule has 0 saturated carbocycles. The second-order valence-electron chi connectivity index (χ2n) is 5.35. The van der Waals surface area contributed by atoms with E-state index in [4.69, 9.17) is 4.99 Å². The van der Waals surface area contributed by atoms with E-state index in [0.29, 0.717) is 18.0 Å². The van der Waals surface area contributed by atoms with Gasteiger partial charge < -0.3 is 5.32 Å². The number of hydrogen-bond acceptors (Lipinski definition) is 3. The summed E-state index contributed by atoms with van der Waals surface area (Å²) in [5.74, 6) is 2.61. The third-order valence-electron chi connectivity index (χ3n) is 3.27. The first kappa shape index (κ1) is 13.9. The maximum atomic E-state index is 4.73. The molecule has 16 heavy (non-hydrogen) atoms. The van der Waals surface area contributed by atoms with E-state index in [2.05, 4.69) is 39.9 Å². The molecular formula is C13H26N2S. The SMILES string of the molecule is CCC(C)CC(C)NC1=NC(C(C)C)CS1. The summed E-state index contributed by atoms with van der Waals surface area (Å²) in [6, 6.07) is 1.07. The Hall–Kier alpha value is -0.180. The minimum atomic E-state index is 0.517. The highest BCUT2D eigenvalue weighted by atomic mass is 32.2. The Kier molecular flexibility index (Phi) is 5.67. The molecule has 1 aliphatic rings. The molecule has 0 radical (unpaired) electrons. The number of nitrogens with zero attached hydrogens (tertiary/aromatic N) is 1. The average Bonchev–Trinajstić information content (AvgIpc) is 2.65. The molecule has 2 nitrogen and oxygen atoms in total. The van der Waals surface area contributed by atoms with Crippen LogP contribution in [0.15, 0.2) is 4.99 Å². The highest BCUT2D eigenvalue weighted by Gasteiger charge is 2.22. The molecule has 0 saturated heterocycles. The summed E-state index contributed by atoms with van der Waals surface area (Å²) < 4.78 is 0. The fourth-order valence-electron chi connectivity index (χ4n) is 1.85. The fourth-order valence-corrected chi connectivity index (χ4v) is 3.13. The smallest absolute Gasteiger partial charge is 0.157 e. The van der Waals surface area contributed by atoms with Crippen LogP contribution in [-0.2, 0) is 0 Å². The van der Waals surface area contributed by atoms with Gasteiger partial charge in [-0.2, -0.15) is 0 Å². The number of aliphatic imine (C=N–C) groups is 1. The minimum Gasteiger partial charge on any atom is -0.362 e. The molecule has 3 heteroatoms. The van der Waals surface area contributed by atoms with Crippen molar-refractivity contribution in [3.05, 3.63) is 0 Å². The van der Waals surface area contributed by atoms with Crippen LogP contribution in [0.5, 0.6) is 0 Å². The van der Waals surface area contributed by atoms with Gasteiger partial charge in [-0.25, -0.2) is 0 Å². The summed E-state index contributed by atoms with van der Waals surface area (Å²) in [6.07, 6.45) is 2.50. The summed E-state index contributed by atoms with van der Waals surface area (Å²) in [5, 5.41) is 4.70. The summed E-state index contributed by atoms with van der Waals surface area (Å²) in [6.45, 7) is 11.3. The standard InChI is InChI=1S/C13H26N2S/c1-6-10(4)7-11(5)14-13-15-12(8-16-13)9(2)3/h9-12H,6-8H2,1-5H3,(H,14,15). The zero-order valence-electron chi connectivity index (χ0n) is 11.3. The third kappa shape index (κ3) is 4.36. The van der Waals surface area contributed by atoms with Crippen molar-refractivity contribution in [1.82, 2.24) is 5.32 Å². The molecule has 0 aromatic carbocycles. The molecule has 1 aliphatic heterocycles. The Morgan fingerprint density at radius 2 is 2.06 bits per heavy atom. The molecule has 94 valence electrons. The van der Waals surface area contributed by atoms with Gasteiger partial charge in [0.2, 0.25) is 0 Å². The average molecular weight is 242 g/mol. The van der Waals surface area contributed by atoms with Crippen LogP contribution in [-0.4, -0.2) is 23.0 Å².